The summed E-state index contributed by atoms with van der Waals surface area (Å²) in [6, 6.07) is 17.3. The van der Waals surface area contributed by atoms with E-state index in [4.69, 9.17) is 4.74 Å². The summed E-state index contributed by atoms with van der Waals surface area (Å²) in [5, 5.41) is 19.8. The number of aliphatic hydroxyl groups excluding tert-OH is 1. The van der Waals surface area contributed by atoms with Crippen LogP contribution in [0.5, 0.6) is 5.75 Å². The van der Waals surface area contributed by atoms with Crippen LogP contribution in [-0.2, 0) is 15.3 Å². The molecule has 11 heteroatoms. The van der Waals surface area contributed by atoms with Gasteiger partial charge in [-0.15, -0.1) is 10.2 Å². The van der Waals surface area contributed by atoms with E-state index in [1.165, 1.54) is 34.9 Å². The van der Waals surface area contributed by atoms with Crippen LogP contribution in [0.25, 0.3) is 5.76 Å². The Labute approximate surface area is 249 Å². The summed E-state index contributed by atoms with van der Waals surface area (Å²) in [4.78, 5) is 28.1. The summed E-state index contributed by atoms with van der Waals surface area (Å²) in [7, 11) is 0. The maximum atomic E-state index is 14.1. The zero-order valence-electron chi connectivity index (χ0n) is 22.8. The lowest BCUT2D eigenvalue weighted by molar-refractivity contribution is -0.132. The van der Waals surface area contributed by atoms with Crippen molar-refractivity contribution in [3.63, 3.8) is 0 Å². The Morgan fingerprint density at radius 1 is 1.05 bits per heavy atom. The van der Waals surface area contributed by atoms with Crippen LogP contribution in [-0.4, -0.2) is 33.6 Å². The van der Waals surface area contributed by atoms with Crippen LogP contribution in [0.3, 0.4) is 0 Å². The molecule has 0 saturated carbocycles. The molecule has 4 aromatic rings. The quantitative estimate of drug-likeness (QED) is 0.0672. The summed E-state index contributed by atoms with van der Waals surface area (Å²) in [6.07, 6.45) is 0.839. The van der Waals surface area contributed by atoms with Crippen molar-refractivity contribution in [1.82, 2.24) is 10.2 Å². The number of amides is 1. The Kier molecular flexibility index (Phi) is 8.98. The molecule has 0 spiro atoms. The van der Waals surface area contributed by atoms with Gasteiger partial charge < -0.3 is 9.84 Å². The SMILES string of the molecule is CC(C)CCOc1cccc(C2C(=C(O)c3ccc(F)cc3)C(=O)C(=O)N2c2nnc(SCc3ccccc3F)s2)c1. The summed E-state index contributed by atoms with van der Waals surface area (Å²) in [5.41, 5.74) is 1.02. The van der Waals surface area contributed by atoms with Crippen molar-refractivity contribution in [2.75, 3.05) is 11.5 Å². The number of hydrogen-bond donors (Lipinski definition) is 1. The van der Waals surface area contributed by atoms with Gasteiger partial charge in [-0.05, 0) is 65.9 Å². The van der Waals surface area contributed by atoms with Gasteiger partial charge in [0.25, 0.3) is 5.78 Å². The summed E-state index contributed by atoms with van der Waals surface area (Å²) in [5.74, 6) is -1.81. The zero-order valence-corrected chi connectivity index (χ0v) is 24.4. The van der Waals surface area contributed by atoms with Crippen LogP contribution < -0.4 is 9.64 Å². The number of nitrogens with zero attached hydrogens (tertiary/aromatic N) is 3. The molecule has 1 amide bonds. The van der Waals surface area contributed by atoms with E-state index in [1.807, 2.05) is 0 Å². The molecule has 2 heterocycles. The number of rotatable bonds is 10. The van der Waals surface area contributed by atoms with Crippen LogP contribution in [0.2, 0.25) is 0 Å². The van der Waals surface area contributed by atoms with E-state index >= 15 is 0 Å². The number of benzene rings is 3. The van der Waals surface area contributed by atoms with Gasteiger partial charge in [-0.1, -0.05) is 67.3 Å². The molecule has 3 aromatic carbocycles. The number of carbonyl (C=O) groups excluding carboxylic acids is 2. The standard InChI is InChI=1S/C31H27F2N3O4S2/c1-18(2)14-15-40-23-8-5-7-20(16-23)26-25(27(37)19-10-12-22(32)13-11-19)28(38)29(39)36(26)30-34-35-31(42-30)41-17-21-6-3-4-9-24(21)33/h3-13,16,18,26,37H,14-15,17H2,1-2H3. The third-order valence-electron chi connectivity index (χ3n) is 6.61. The smallest absolute Gasteiger partial charge is 0.301 e. The van der Waals surface area contributed by atoms with Gasteiger partial charge in [-0.2, -0.15) is 0 Å². The number of aromatic nitrogens is 2. The normalized spacial score (nSPS) is 16.4. The molecule has 1 aliphatic rings. The molecular weight excluding hydrogens is 580 g/mol. The first-order valence-electron chi connectivity index (χ1n) is 13.2. The van der Waals surface area contributed by atoms with E-state index < -0.39 is 29.3 Å². The lowest BCUT2D eigenvalue weighted by Crippen LogP contribution is -2.29. The van der Waals surface area contributed by atoms with Crippen molar-refractivity contribution in [3.8, 4) is 5.75 Å². The highest BCUT2D eigenvalue weighted by Gasteiger charge is 2.48. The lowest BCUT2D eigenvalue weighted by Gasteiger charge is -2.23. The maximum Gasteiger partial charge on any atom is 0.301 e. The van der Waals surface area contributed by atoms with Gasteiger partial charge in [0.05, 0.1) is 18.2 Å². The van der Waals surface area contributed by atoms with Crippen LogP contribution in [0.15, 0.2) is 82.7 Å². The van der Waals surface area contributed by atoms with Crippen molar-refractivity contribution < 1.29 is 28.2 Å². The molecule has 1 atom stereocenters. The number of anilines is 1. The minimum absolute atomic E-state index is 0.141. The monoisotopic (exact) mass is 607 g/mol. The van der Waals surface area contributed by atoms with Crippen LogP contribution in [0, 0.1) is 17.6 Å². The second-order valence-electron chi connectivity index (χ2n) is 10.0. The summed E-state index contributed by atoms with van der Waals surface area (Å²) >= 11 is 2.33. The molecule has 1 aromatic heterocycles. The predicted octanol–water partition coefficient (Wildman–Crippen LogP) is 7.16. The summed E-state index contributed by atoms with van der Waals surface area (Å²) in [6.45, 7) is 4.66. The molecule has 216 valence electrons. The molecule has 0 radical (unpaired) electrons. The van der Waals surface area contributed by atoms with E-state index in [1.54, 1.807) is 42.5 Å². The molecule has 0 aliphatic carbocycles. The van der Waals surface area contributed by atoms with Gasteiger partial charge in [0.2, 0.25) is 5.13 Å². The lowest BCUT2D eigenvalue weighted by atomic mass is 9.95. The van der Waals surface area contributed by atoms with E-state index in [9.17, 15) is 23.5 Å². The highest BCUT2D eigenvalue weighted by atomic mass is 32.2. The molecule has 1 saturated heterocycles. The second-order valence-corrected chi connectivity index (χ2v) is 12.2. The Morgan fingerprint density at radius 3 is 2.55 bits per heavy atom. The van der Waals surface area contributed by atoms with Gasteiger partial charge >= 0.3 is 5.91 Å². The average molecular weight is 608 g/mol. The van der Waals surface area contributed by atoms with Crippen molar-refractivity contribution in [3.05, 3.63) is 107 Å². The molecule has 1 fully saturated rings. The molecule has 5 rings (SSSR count). The highest BCUT2D eigenvalue weighted by molar-refractivity contribution is 8.00. The Balaban J connectivity index is 1.53. The number of hydrogen-bond acceptors (Lipinski definition) is 8. The van der Waals surface area contributed by atoms with Gasteiger partial charge in [-0.25, -0.2) is 8.78 Å². The molecule has 42 heavy (non-hydrogen) atoms. The molecule has 7 nitrogen and oxygen atoms in total. The minimum Gasteiger partial charge on any atom is -0.507 e. The molecule has 1 unspecified atom stereocenters. The zero-order chi connectivity index (χ0) is 29.8. The number of thioether (sulfide) groups is 1. The fourth-order valence-electron chi connectivity index (χ4n) is 4.41. The fraction of sp³-hybridized carbons (Fsp3) is 0.226. The van der Waals surface area contributed by atoms with E-state index in [0.717, 1.165) is 29.9 Å². The maximum absolute atomic E-state index is 14.1. The summed E-state index contributed by atoms with van der Waals surface area (Å²) < 4.78 is 34.1. The molecule has 1 N–H and O–H groups in total. The minimum atomic E-state index is -1.05. The number of carbonyl (C=O) groups is 2. The first-order chi connectivity index (χ1) is 20.2. The van der Waals surface area contributed by atoms with Crippen molar-refractivity contribution in [2.24, 2.45) is 5.92 Å². The van der Waals surface area contributed by atoms with Crippen molar-refractivity contribution in [1.29, 1.82) is 0 Å². The highest BCUT2D eigenvalue weighted by Crippen LogP contribution is 2.44. The van der Waals surface area contributed by atoms with Gasteiger partial charge in [-0.3, -0.25) is 14.5 Å². The first kappa shape index (κ1) is 29.4. The Morgan fingerprint density at radius 2 is 1.81 bits per heavy atom. The van der Waals surface area contributed by atoms with Crippen molar-refractivity contribution in [2.45, 2.75) is 36.4 Å². The van der Waals surface area contributed by atoms with Crippen LogP contribution in [0.1, 0.15) is 43.0 Å². The van der Waals surface area contributed by atoms with E-state index in [-0.39, 0.29) is 22.1 Å². The Bertz CT molecular complexity index is 1640. The van der Waals surface area contributed by atoms with Gasteiger partial charge in [0.15, 0.2) is 4.34 Å². The van der Waals surface area contributed by atoms with Crippen molar-refractivity contribution >= 4 is 45.7 Å². The van der Waals surface area contributed by atoms with E-state index in [0.29, 0.717) is 39.5 Å². The van der Waals surface area contributed by atoms with Crippen LogP contribution >= 0.6 is 23.1 Å². The topological polar surface area (TPSA) is 92.6 Å². The molecular formula is C31H27F2N3O4S2. The largest absolute Gasteiger partial charge is 0.507 e. The van der Waals surface area contributed by atoms with Gasteiger partial charge in [0, 0.05) is 11.3 Å². The van der Waals surface area contributed by atoms with Crippen LogP contribution in [0.4, 0.5) is 13.9 Å². The first-order valence-corrected chi connectivity index (χ1v) is 15.0. The number of Topliss-reactive ketones (excluding diaryl/α,β-unsaturated/α-hetero) is 1. The molecule has 0 bridgehead atoms. The molecule has 1 aliphatic heterocycles. The van der Waals surface area contributed by atoms with E-state index in [2.05, 4.69) is 24.0 Å². The third kappa shape index (κ3) is 6.37. The number of aliphatic hydroxyl groups is 1. The number of ether oxygens (including phenoxy) is 1. The van der Waals surface area contributed by atoms with Gasteiger partial charge in [0.1, 0.15) is 23.1 Å². The fourth-order valence-corrected chi connectivity index (χ4v) is 6.26. The Hall–Kier alpha value is -4.09. The average Bonchev–Trinajstić information content (AvgIpc) is 3.54. The second kappa shape index (κ2) is 12.8. The number of ketones is 1. The number of halogens is 2. The predicted molar refractivity (Wildman–Crippen MR) is 158 cm³/mol. The third-order valence-corrected chi connectivity index (χ3v) is 8.72.